The van der Waals surface area contributed by atoms with Crippen LogP contribution in [0, 0.1) is 6.92 Å². The number of hydrogen-bond acceptors (Lipinski definition) is 3. The van der Waals surface area contributed by atoms with Gasteiger partial charge in [0.1, 0.15) is 0 Å². The minimum atomic E-state index is 0.293. The van der Waals surface area contributed by atoms with Gasteiger partial charge >= 0.3 is 0 Å². The summed E-state index contributed by atoms with van der Waals surface area (Å²) in [6.45, 7) is 4.23. The summed E-state index contributed by atoms with van der Waals surface area (Å²) in [7, 11) is 0. The fourth-order valence-electron chi connectivity index (χ4n) is 1.58. The van der Waals surface area contributed by atoms with Crippen LogP contribution in [-0.4, -0.2) is 4.98 Å². The Bertz CT molecular complexity index is 448. The second kappa shape index (κ2) is 4.97. The summed E-state index contributed by atoms with van der Waals surface area (Å²) in [6.07, 6.45) is 1.91. The van der Waals surface area contributed by atoms with Gasteiger partial charge in [-0.3, -0.25) is 4.98 Å². The third-order valence-corrected chi connectivity index (χ3v) is 3.72. The van der Waals surface area contributed by atoms with Crippen molar-refractivity contribution in [1.82, 2.24) is 4.98 Å². The molecule has 2 rings (SSSR count). The van der Waals surface area contributed by atoms with Crippen molar-refractivity contribution in [3.63, 3.8) is 0 Å². The van der Waals surface area contributed by atoms with Crippen LogP contribution in [0.4, 0.5) is 5.69 Å². The number of halogens is 1. The third kappa shape index (κ3) is 2.83. The monoisotopic (exact) mass is 296 g/mol. The SMILES string of the molecule is Cc1cc(Br)cc(NC(C)c2cncs2)c1. The largest absolute Gasteiger partial charge is 0.378 e. The molecule has 1 aromatic carbocycles. The fourth-order valence-corrected chi connectivity index (χ4v) is 2.82. The summed E-state index contributed by atoms with van der Waals surface area (Å²) in [5.74, 6) is 0. The Hall–Kier alpha value is -0.870. The molecule has 0 aliphatic heterocycles. The first-order valence-electron chi connectivity index (χ1n) is 5.07. The molecule has 0 spiro atoms. The number of nitrogens with zero attached hydrogens (tertiary/aromatic N) is 1. The first-order chi connectivity index (χ1) is 7.65. The molecule has 0 saturated heterocycles. The van der Waals surface area contributed by atoms with E-state index in [1.165, 1.54) is 10.4 Å². The van der Waals surface area contributed by atoms with Crippen molar-refractivity contribution in [1.29, 1.82) is 0 Å². The summed E-state index contributed by atoms with van der Waals surface area (Å²) >= 11 is 5.18. The van der Waals surface area contributed by atoms with E-state index in [0.717, 1.165) is 10.2 Å². The van der Waals surface area contributed by atoms with Crippen molar-refractivity contribution in [2.45, 2.75) is 19.9 Å². The molecule has 1 N–H and O–H groups in total. The van der Waals surface area contributed by atoms with E-state index < -0.39 is 0 Å². The highest BCUT2D eigenvalue weighted by Crippen LogP contribution is 2.25. The number of rotatable bonds is 3. The molecule has 0 amide bonds. The van der Waals surface area contributed by atoms with Crippen LogP contribution in [-0.2, 0) is 0 Å². The molecule has 1 heterocycles. The Morgan fingerprint density at radius 1 is 1.38 bits per heavy atom. The van der Waals surface area contributed by atoms with Crippen LogP contribution in [0.2, 0.25) is 0 Å². The molecule has 0 aliphatic carbocycles. The summed E-state index contributed by atoms with van der Waals surface area (Å²) in [5, 5.41) is 3.47. The molecule has 1 unspecified atom stereocenters. The van der Waals surface area contributed by atoms with E-state index in [9.17, 15) is 0 Å². The molecular formula is C12H13BrN2S. The van der Waals surface area contributed by atoms with Crippen molar-refractivity contribution in [3.05, 3.63) is 44.8 Å². The first kappa shape index (κ1) is 11.6. The zero-order chi connectivity index (χ0) is 11.5. The summed E-state index contributed by atoms with van der Waals surface area (Å²) in [6, 6.07) is 6.62. The third-order valence-electron chi connectivity index (χ3n) is 2.30. The van der Waals surface area contributed by atoms with Gasteiger partial charge < -0.3 is 5.32 Å². The van der Waals surface area contributed by atoms with Crippen molar-refractivity contribution >= 4 is 33.0 Å². The maximum absolute atomic E-state index is 4.09. The van der Waals surface area contributed by atoms with E-state index in [0.29, 0.717) is 6.04 Å². The number of aryl methyl sites for hydroxylation is 1. The number of nitrogens with one attached hydrogen (secondary N) is 1. The van der Waals surface area contributed by atoms with E-state index in [4.69, 9.17) is 0 Å². The maximum Gasteiger partial charge on any atom is 0.0795 e. The van der Waals surface area contributed by atoms with Crippen molar-refractivity contribution in [3.8, 4) is 0 Å². The van der Waals surface area contributed by atoms with Crippen molar-refractivity contribution in [2.75, 3.05) is 5.32 Å². The summed E-state index contributed by atoms with van der Waals surface area (Å²) in [5.41, 5.74) is 4.24. The van der Waals surface area contributed by atoms with Crippen LogP contribution in [0.15, 0.2) is 34.4 Å². The van der Waals surface area contributed by atoms with E-state index in [2.05, 4.69) is 58.3 Å². The minimum Gasteiger partial charge on any atom is -0.378 e. The lowest BCUT2D eigenvalue weighted by molar-refractivity contribution is 0.903. The standard InChI is InChI=1S/C12H13BrN2S/c1-8-3-10(13)5-11(4-8)15-9(2)12-6-14-7-16-12/h3-7,9,15H,1-2H3. The Labute approximate surface area is 108 Å². The smallest absolute Gasteiger partial charge is 0.0795 e. The second-order valence-electron chi connectivity index (χ2n) is 3.79. The molecule has 0 saturated carbocycles. The van der Waals surface area contributed by atoms with Gasteiger partial charge in [-0.1, -0.05) is 15.9 Å². The van der Waals surface area contributed by atoms with Crippen molar-refractivity contribution in [2.24, 2.45) is 0 Å². The zero-order valence-electron chi connectivity index (χ0n) is 9.20. The van der Waals surface area contributed by atoms with Gasteiger partial charge in [-0.05, 0) is 37.6 Å². The molecule has 0 aliphatic rings. The van der Waals surface area contributed by atoms with Gasteiger partial charge in [0.25, 0.3) is 0 Å². The molecule has 1 aromatic heterocycles. The molecule has 2 aromatic rings. The maximum atomic E-state index is 4.09. The molecule has 0 fully saturated rings. The molecule has 2 nitrogen and oxygen atoms in total. The lowest BCUT2D eigenvalue weighted by Crippen LogP contribution is -2.04. The van der Waals surface area contributed by atoms with Gasteiger partial charge in [0.05, 0.1) is 11.6 Å². The highest BCUT2D eigenvalue weighted by Gasteiger charge is 2.07. The molecule has 0 bridgehead atoms. The Balaban J connectivity index is 2.15. The average Bonchev–Trinajstić information content (AvgIpc) is 2.68. The van der Waals surface area contributed by atoms with Crippen LogP contribution in [0.5, 0.6) is 0 Å². The fraction of sp³-hybridized carbons (Fsp3) is 0.250. The van der Waals surface area contributed by atoms with Crippen LogP contribution >= 0.6 is 27.3 Å². The average molecular weight is 297 g/mol. The molecule has 16 heavy (non-hydrogen) atoms. The number of thiazole rings is 1. The molecule has 84 valence electrons. The van der Waals surface area contributed by atoms with Gasteiger partial charge in [-0.2, -0.15) is 0 Å². The van der Waals surface area contributed by atoms with E-state index in [1.807, 2.05) is 11.7 Å². The number of benzene rings is 1. The van der Waals surface area contributed by atoms with Gasteiger partial charge in [-0.25, -0.2) is 0 Å². The van der Waals surface area contributed by atoms with E-state index in [-0.39, 0.29) is 0 Å². The molecule has 0 radical (unpaired) electrons. The molecule has 4 heteroatoms. The highest BCUT2D eigenvalue weighted by atomic mass is 79.9. The van der Waals surface area contributed by atoms with Gasteiger partial charge in [0, 0.05) is 21.2 Å². The number of aromatic nitrogens is 1. The topological polar surface area (TPSA) is 24.9 Å². The lowest BCUT2D eigenvalue weighted by Gasteiger charge is -2.14. The van der Waals surface area contributed by atoms with Gasteiger partial charge in [-0.15, -0.1) is 11.3 Å². The minimum absolute atomic E-state index is 0.293. The Kier molecular flexibility index (Phi) is 3.61. The van der Waals surface area contributed by atoms with Crippen LogP contribution in [0.3, 0.4) is 0 Å². The van der Waals surface area contributed by atoms with Crippen molar-refractivity contribution < 1.29 is 0 Å². The van der Waals surface area contributed by atoms with Crippen LogP contribution < -0.4 is 5.32 Å². The second-order valence-corrected chi connectivity index (χ2v) is 5.62. The first-order valence-corrected chi connectivity index (χ1v) is 6.74. The molecule has 1 atom stereocenters. The molecular weight excluding hydrogens is 284 g/mol. The zero-order valence-corrected chi connectivity index (χ0v) is 11.6. The van der Waals surface area contributed by atoms with Crippen LogP contribution in [0.1, 0.15) is 23.4 Å². The predicted octanol–water partition coefficient (Wildman–Crippen LogP) is 4.39. The lowest BCUT2D eigenvalue weighted by atomic mass is 10.2. The normalized spacial score (nSPS) is 12.4. The quantitative estimate of drug-likeness (QED) is 0.909. The Morgan fingerprint density at radius 2 is 2.19 bits per heavy atom. The summed E-state index contributed by atoms with van der Waals surface area (Å²) < 4.78 is 1.10. The highest BCUT2D eigenvalue weighted by molar-refractivity contribution is 9.10. The van der Waals surface area contributed by atoms with E-state index in [1.54, 1.807) is 11.3 Å². The van der Waals surface area contributed by atoms with Gasteiger partial charge in [0.15, 0.2) is 0 Å². The van der Waals surface area contributed by atoms with E-state index >= 15 is 0 Å². The Morgan fingerprint density at radius 3 is 2.81 bits per heavy atom. The van der Waals surface area contributed by atoms with Crippen LogP contribution in [0.25, 0.3) is 0 Å². The van der Waals surface area contributed by atoms with Gasteiger partial charge in [0.2, 0.25) is 0 Å². The predicted molar refractivity (Wildman–Crippen MR) is 73.0 cm³/mol. The number of hydrogen-bond donors (Lipinski definition) is 1. The number of anilines is 1. The summed E-state index contributed by atoms with van der Waals surface area (Å²) in [4.78, 5) is 5.34.